The van der Waals surface area contributed by atoms with Gasteiger partial charge in [-0.1, -0.05) is 36.4 Å². The molecule has 0 bridgehead atoms. The molecule has 1 amide bonds. The fourth-order valence-corrected chi connectivity index (χ4v) is 3.70. The lowest BCUT2D eigenvalue weighted by Gasteiger charge is -2.10. The lowest BCUT2D eigenvalue weighted by Crippen LogP contribution is -2.14. The summed E-state index contributed by atoms with van der Waals surface area (Å²) in [7, 11) is -3.70. The number of carbonyl (C=O) groups is 1. The Bertz CT molecular complexity index is 1140. The van der Waals surface area contributed by atoms with E-state index in [2.05, 4.69) is 16.6 Å². The third-order valence-electron chi connectivity index (χ3n) is 4.19. The molecular formula is C23H22N2O4S. The minimum atomic E-state index is -3.70. The van der Waals surface area contributed by atoms with Gasteiger partial charge in [0.1, 0.15) is 12.4 Å². The third kappa shape index (κ3) is 5.48. The maximum atomic E-state index is 12.5. The number of hydrogen-bond donors (Lipinski definition) is 2. The van der Waals surface area contributed by atoms with E-state index in [1.807, 2.05) is 6.92 Å². The molecule has 6 nitrogen and oxygen atoms in total. The highest BCUT2D eigenvalue weighted by molar-refractivity contribution is 7.92. The summed E-state index contributed by atoms with van der Waals surface area (Å²) in [6.07, 6.45) is 1.64. The van der Waals surface area contributed by atoms with Crippen LogP contribution in [-0.2, 0) is 10.0 Å². The van der Waals surface area contributed by atoms with Crippen molar-refractivity contribution >= 4 is 27.3 Å². The van der Waals surface area contributed by atoms with Crippen LogP contribution in [0.5, 0.6) is 5.75 Å². The molecule has 0 heterocycles. The highest BCUT2D eigenvalue weighted by Crippen LogP contribution is 2.20. The number of hydrogen-bond acceptors (Lipinski definition) is 4. The summed E-state index contributed by atoms with van der Waals surface area (Å²) in [5, 5.41) is 2.79. The fraction of sp³-hybridized carbons (Fsp3) is 0.0870. The van der Waals surface area contributed by atoms with E-state index >= 15 is 0 Å². The average Bonchev–Trinajstić information content (AvgIpc) is 2.73. The molecule has 3 rings (SSSR count). The van der Waals surface area contributed by atoms with Gasteiger partial charge in [0, 0.05) is 23.0 Å². The molecule has 0 aromatic heterocycles. The van der Waals surface area contributed by atoms with Gasteiger partial charge in [-0.3, -0.25) is 9.52 Å². The number of amides is 1. The summed E-state index contributed by atoms with van der Waals surface area (Å²) in [6.45, 7) is 5.86. The number of nitrogens with one attached hydrogen (secondary N) is 2. The first-order valence-corrected chi connectivity index (χ1v) is 10.7. The van der Waals surface area contributed by atoms with Gasteiger partial charge in [0.2, 0.25) is 0 Å². The number of benzene rings is 3. The molecule has 0 aliphatic carbocycles. The van der Waals surface area contributed by atoms with Crippen LogP contribution >= 0.6 is 0 Å². The largest absolute Gasteiger partial charge is 0.489 e. The van der Waals surface area contributed by atoms with E-state index in [0.717, 1.165) is 5.56 Å². The summed E-state index contributed by atoms with van der Waals surface area (Å²) >= 11 is 0. The molecule has 0 spiro atoms. The predicted molar refractivity (Wildman–Crippen MR) is 119 cm³/mol. The summed E-state index contributed by atoms with van der Waals surface area (Å²) in [6, 6.07) is 19.8. The second kappa shape index (κ2) is 9.28. The van der Waals surface area contributed by atoms with Crippen LogP contribution in [0.2, 0.25) is 0 Å². The van der Waals surface area contributed by atoms with Crippen LogP contribution in [0.3, 0.4) is 0 Å². The van der Waals surface area contributed by atoms with Gasteiger partial charge < -0.3 is 10.1 Å². The van der Waals surface area contributed by atoms with Crippen LogP contribution in [0.4, 0.5) is 11.4 Å². The van der Waals surface area contributed by atoms with Crippen molar-refractivity contribution < 1.29 is 17.9 Å². The summed E-state index contributed by atoms with van der Waals surface area (Å²) in [5.74, 6) is 0.303. The normalized spacial score (nSPS) is 10.8. The van der Waals surface area contributed by atoms with E-state index in [9.17, 15) is 13.2 Å². The quantitative estimate of drug-likeness (QED) is 0.519. The van der Waals surface area contributed by atoms with Crippen molar-refractivity contribution in [2.75, 3.05) is 16.6 Å². The van der Waals surface area contributed by atoms with Gasteiger partial charge in [0.15, 0.2) is 0 Å². The predicted octanol–water partition coefficient (Wildman–Crippen LogP) is 4.61. The van der Waals surface area contributed by atoms with Gasteiger partial charge in [-0.15, -0.1) is 0 Å². The maximum Gasteiger partial charge on any atom is 0.261 e. The lowest BCUT2D eigenvalue weighted by molar-refractivity contribution is 0.102. The van der Waals surface area contributed by atoms with E-state index in [0.29, 0.717) is 29.3 Å². The molecule has 30 heavy (non-hydrogen) atoms. The number of rotatable bonds is 8. The van der Waals surface area contributed by atoms with Crippen LogP contribution in [0.25, 0.3) is 0 Å². The molecular weight excluding hydrogens is 400 g/mol. The minimum absolute atomic E-state index is 0.175. The van der Waals surface area contributed by atoms with Crippen LogP contribution in [0, 0.1) is 6.92 Å². The second-order valence-electron chi connectivity index (χ2n) is 6.58. The Morgan fingerprint density at radius 2 is 1.70 bits per heavy atom. The van der Waals surface area contributed by atoms with Crippen molar-refractivity contribution in [3.63, 3.8) is 0 Å². The smallest absolute Gasteiger partial charge is 0.261 e. The molecule has 0 saturated heterocycles. The molecule has 2 N–H and O–H groups in total. The summed E-state index contributed by atoms with van der Waals surface area (Å²) in [5.41, 5.74) is 2.32. The highest BCUT2D eigenvalue weighted by atomic mass is 32.2. The van der Waals surface area contributed by atoms with Gasteiger partial charge in [0.25, 0.3) is 15.9 Å². The minimum Gasteiger partial charge on any atom is -0.489 e. The molecule has 154 valence electrons. The lowest BCUT2D eigenvalue weighted by atomic mass is 10.2. The standard InChI is InChI=1S/C23H22N2O4S/c1-3-15-29-21-6-4-5-20(16-21)24-23(26)18-9-11-19(12-10-18)25-30(27,28)22-13-7-17(2)8-14-22/h3-14,16,25H,1,15H2,2H3,(H,24,26). The van der Waals surface area contributed by atoms with Crippen molar-refractivity contribution in [2.45, 2.75) is 11.8 Å². The molecule has 0 aliphatic rings. The summed E-state index contributed by atoms with van der Waals surface area (Å²) < 4.78 is 32.9. The second-order valence-corrected chi connectivity index (χ2v) is 8.26. The monoisotopic (exact) mass is 422 g/mol. The average molecular weight is 423 g/mol. The van der Waals surface area contributed by atoms with E-state index in [4.69, 9.17) is 4.74 Å². The zero-order valence-electron chi connectivity index (χ0n) is 16.5. The summed E-state index contributed by atoms with van der Waals surface area (Å²) in [4.78, 5) is 12.7. The number of ether oxygens (including phenoxy) is 1. The molecule has 0 saturated carbocycles. The van der Waals surface area contributed by atoms with Gasteiger partial charge >= 0.3 is 0 Å². The molecule has 7 heteroatoms. The number of sulfonamides is 1. The number of anilines is 2. The Balaban J connectivity index is 1.67. The van der Waals surface area contributed by atoms with Crippen molar-refractivity contribution in [1.29, 1.82) is 0 Å². The van der Waals surface area contributed by atoms with Crippen molar-refractivity contribution in [1.82, 2.24) is 0 Å². The molecule has 0 atom stereocenters. The molecule has 3 aromatic carbocycles. The number of carbonyl (C=O) groups excluding carboxylic acids is 1. The van der Waals surface area contributed by atoms with Crippen molar-refractivity contribution in [2.24, 2.45) is 0 Å². The fourth-order valence-electron chi connectivity index (χ4n) is 2.64. The Hall–Kier alpha value is -3.58. The first-order chi connectivity index (χ1) is 14.4. The zero-order chi connectivity index (χ0) is 21.6. The maximum absolute atomic E-state index is 12.5. The molecule has 0 aliphatic heterocycles. The molecule has 0 unspecified atom stereocenters. The van der Waals surface area contributed by atoms with Crippen molar-refractivity contribution in [3.8, 4) is 5.75 Å². The van der Waals surface area contributed by atoms with Crippen LogP contribution < -0.4 is 14.8 Å². The Morgan fingerprint density at radius 3 is 2.37 bits per heavy atom. The van der Waals surface area contributed by atoms with E-state index in [1.54, 1.807) is 78.9 Å². The molecule has 3 aromatic rings. The van der Waals surface area contributed by atoms with Gasteiger partial charge in [-0.2, -0.15) is 0 Å². The van der Waals surface area contributed by atoms with Gasteiger partial charge in [-0.25, -0.2) is 8.42 Å². The van der Waals surface area contributed by atoms with Crippen LogP contribution in [-0.4, -0.2) is 20.9 Å². The topological polar surface area (TPSA) is 84.5 Å². The zero-order valence-corrected chi connectivity index (χ0v) is 17.3. The number of aryl methyl sites for hydroxylation is 1. The first-order valence-electron chi connectivity index (χ1n) is 9.22. The van der Waals surface area contributed by atoms with Crippen LogP contribution in [0.15, 0.2) is 90.3 Å². The van der Waals surface area contributed by atoms with E-state index in [-0.39, 0.29) is 10.8 Å². The van der Waals surface area contributed by atoms with Crippen molar-refractivity contribution in [3.05, 3.63) is 96.6 Å². The molecule has 0 fully saturated rings. The Labute approximate surface area is 176 Å². The van der Waals surface area contributed by atoms with Gasteiger partial charge in [-0.05, 0) is 55.5 Å². The van der Waals surface area contributed by atoms with Crippen LogP contribution in [0.1, 0.15) is 15.9 Å². The highest BCUT2D eigenvalue weighted by Gasteiger charge is 2.14. The Morgan fingerprint density at radius 1 is 1.00 bits per heavy atom. The molecule has 0 radical (unpaired) electrons. The first kappa shape index (κ1) is 21.1. The van der Waals surface area contributed by atoms with Gasteiger partial charge in [0.05, 0.1) is 4.90 Å². The van der Waals surface area contributed by atoms with E-state index in [1.165, 1.54) is 0 Å². The Kier molecular flexibility index (Phi) is 6.54. The SMILES string of the molecule is C=CCOc1cccc(NC(=O)c2ccc(NS(=O)(=O)c3ccc(C)cc3)cc2)c1. The van der Waals surface area contributed by atoms with E-state index < -0.39 is 10.0 Å². The third-order valence-corrected chi connectivity index (χ3v) is 5.59.